The van der Waals surface area contributed by atoms with Crippen molar-refractivity contribution in [1.29, 1.82) is 4.78 Å². The maximum Gasteiger partial charge on any atom is 0.308 e. The molecule has 12 heavy (non-hydrogen) atoms. The summed E-state index contributed by atoms with van der Waals surface area (Å²) in [5.74, 6) is 0.245. The number of benzene rings is 1. The van der Waals surface area contributed by atoms with Crippen LogP contribution in [0.5, 0.6) is 5.75 Å². The Kier molecular flexibility index (Phi) is 5.07. The third kappa shape index (κ3) is 7.04. The van der Waals surface area contributed by atoms with Crippen molar-refractivity contribution in [3.05, 3.63) is 29.3 Å². The smallest absolute Gasteiger partial charge is 0.308 e. The summed E-state index contributed by atoms with van der Waals surface area (Å²) in [5.41, 5.74) is 0. The molecule has 0 bridgehead atoms. The topological polar surface area (TPSA) is 78.2 Å². The normalized spacial score (nSPS) is 8.08. The molecule has 1 aromatic carbocycles. The van der Waals surface area contributed by atoms with Crippen molar-refractivity contribution in [2.45, 2.75) is 0 Å². The van der Waals surface area contributed by atoms with E-state index in [0.29, 0.717) is 5.02 Å². The molecule has 0 unspecified atom stereocenters. The van der Waals surface area contributed by atoms with Crippen LogP contribution in [0.1, 0.15) is 0 Å². The van der Waals surface area contributed by atoms with Gasteiger partial charge in [-0.3, -0.25) is 0 Å². The van der Waals surface area contributed by atoms with Gasteiger partial charge in [0.05, 0.1) is 0 Å². The van der Waals surface area contributed by atoms with Gasteiger partial charge in [0.15, 0.2) is 0 Å². The predicted molar refractivity (Wildman–Crippen MR) is 44.8 cm³/mol. The second-order valence-electron chi connectivity index (χ2n) is 1.71. The minimum Gasteiger partial charge on any atom is -0.508 e. The van der Waals surface area contributed by atoms with Crippen molar-refractivity contribution >= 4 is 22.1 Å². The van der Waals surface area contributed by atoms with Crippen LogP contribution in [0.4, 0.5) is 0 Å². The molecule has 0 amide bonds. The first kappa shape index (κ1) is 10.9. The number of phenols is 1. The third-order valence-electron chi connectivity index (χ3n) is 0.827. The molecule has 1 rings (SSSR count). The monoisotopic (exact) mass is 207 g/mol. The highest BCUT2D eigenvalue weighted by Crippen LogP contribution is 2.12. The summed E-state index contributed by atoms with van der Waals surface area (Å²) in [6.07, 6.45) is 0. The molecule has 66 valence electrons. The first-order chi connectivity index (χ1) is 5.52. The summed E-state index contributed by atoms with van der Waals surface area (Å²) in [7, 11) is -2.61. The number of phenolic OH excluding ortho intramolecular Hbond substituents is 1. The first-order valence-electron chi connectivity index (χ1n) is 2.77. The van der Waals surface area contributed by atoms with Gasteiger partial charge in [-0.1, -0.05) is 11.6 Å². The van der Waals surface area contributed by atoms with Gasteiger partial charge < -0.3 is 5.11 Å². The average Bonchev–Trinajstić information content (AvgIpc) is 1.94. The second kappa shape index (κ2) is 5.56. The van der Waals surface area contributed by atoms with Gasteiger partial charge in [0.25, 0.3) is 0 Å². The van der Waals surface area contributed by atoms with Gasteiger partial charge in [-0.2, -0.15) is 13.2 Å². The van der Waals surface area contributed by atoms with Crippen LogP contribution in [-0.4, -0.2) is 13.5 Å². The molecule has 0 radical (unpaired) electrons. The Labute approximate surface area is 75.9 Å². The lowest BCUT2D eigenvalue weighted by atomic mass is 10.3. The molecule has 0 saturated carbocycles. The predicted octanol–water partition coefficient (Wildman–Crippen LogP) is 1.67. The quantitative estimate of drug-likeness (QED) is 0.679. The van der Waals surface area contributed by atoms with Crippen LogP contribution in [0, 0.1) is 4.78 Å². The molecule has 0 atom stereocenters. The summed E-state index contributed by atoms with van der Waals surface area (Å²) in [6.45, 7) is 0. The van der Waals surface area contributed by atoms with Gasteiger partial charge in [0.1, 0.15) is 5.75 Å². The number of hydrogen-bond donors (Lipinski definition) is 2. The molecule has 1 aromatic rings. The molecule has 2 N–H and O–H groups in total. The van der Waals surface area contributed by atoms with Crippen LogP contribution in [0.2, 0.25) is 5.02 Å². The van der Waals surface area contributed by atoms with Crippen LogP contribution >= 0.6 is 11.6 Å². The minimum absolute atomic E-state index is 0.245. The van der Waals surface area contributed by atoms with E-state index >= 15 is 0 Å². The lowest BCUT2D eigenvalue weighted by Gasteiger charge is -1.87. The van der Waals surface area contributed by atoms with E-state index in [1.54, 1.807) is 24.3 Å². The molecule has 0 aliphatic carbocycles. The van der Waals surface area contributed by atoms with E-state index in [1.165, 1.54) is 0 Å². The van der Waals surface area contributed by atoms with E-state index < -0.39 is 10.5 Å². The maximum atomic E-state index is 8.70. The molecule has 0 aliphatic heterocycles. The Balaban J connectivity index is 0.000000261. The molecule has 6 heteroatoms. The Hall–Kier alpha value is -1.07. The standard InChI is InChI=1S/C6H5ClO.HNO2S/c7-5-1-3-6(8)4-2-5;1-4(2)3/h1-4,8H;1H. The SMILES string of the molecule is N=S(=O)=O.Oc1ccc(Cl)cc1. The van der Waals surface area contributed by atoms with Crippen LogP contribution < -0.4 is 0 Å². The van der Waals surface area contributed by atoms with Gasteiger partial charge in [-0.05, 0) is 24.3 Å². The van der Waals surface area contributed by atoms with E-state index in [2.05, 4.69) is 0 Å². The van der Waals surface area contributed by atoms with Crippen molar-refractivity contribution in [2.75, 3.05) is 0 Å². The van der Waals surface area contributed by atoms with E-state index in [4.69, 9.17) is 29.9 Å². The second-order valence-corrected chi connectivity index (χ2v) is 2.62. The lowest BCUT2D eigenvalue weighted by molar-refractivity contribution is 0.475. The number of halogens is 1. The fourth-order valence-corrected chi connectivity index (χ4v) is 0.567. The van der Waals surface area contributed by atoms with Crippen LogP contribution in [0.3, 0.4) is 0 Å². The van der Waals surface area contributed by atoms with Gasteiger partial charge in [0.2, 0.25) is 0 Å². The number of aromatic hydroxyl groups is 1. The number of nitrogens with one attached hydrogen (secondary N) is 1. The van der Waals surface area contributed by atoms with Crippen LogP contribution in [0.25, 0.3) is 0 Å². The van der Waals surface area contributed by atoms with Crippen molar-refractivity contribution in [3.63, 3.8) is 0 Å². The molecule has 0 heterocycles. The molecular weight excluding hydrogens is 202 g/mol. The number of rotatable bonds is 0. The highest BCUT2D eigenvalue weighted by Gasteiger charge is 1.84. The van der Waals surface area contributed by atoms with E-state index in [9.17, 15) is 0 Å². The van der Waals surface area contributed by atoms with Crippen molar-refractivity contribution in [1.82, 2.24) is 0 Å². The zero-order chi connectivity index (χ0) is 9.56. The van der Waals surface area contributed by atoms with Gasteiger partial charge in [0, 0.05) is 5.02 Å². The summed E-state index contributed by atoms with van der Waals surface area (Å²) >= 11 is 5.50. The molecular formula is C6H6ClNO3S. The summed E-state index contributed by atoms with van der Waals surface area (Å²) in [5, 5.41) is 9.34. The lowest BCUT2D eigenvalue weighted by Crippen LogP contribution is -1.61. The molecule has 0 saturated heterocycles. The molecule has 0 aromatic heterocycles. The zero-order valence-electron chi connectivity index (χ0n) is 5.86. The highest BCUT2D eigenvalue weighted by atomic mass is 35.5. The average molecular weight is 208 g/mol. The summed E-state index contributed by atoms with van der Waals surface area (Å²) < 4.78 is 22.8. The Morgan fingerprint density at radius 1 is 1.25 bits per heavy atom. The van der Waals surface area contributed by atoms with Crippen LogP contribution in [0.15, 0.2) is 24.3 Å². The van der Waals surface area contributed by atoms with E-state index in [-0.39, 0.29) is 5.75 Å². The third-order valence-corrected chi connectivity index (χ3v) is 1.08. The molecule has 0 aliphatic rings. The van der Waals surface area contributed by atoms with Gasteiger partial charge in [-0.25, -0.2) is 0 Å². The summed E-state index contributed by atoms with van der Waals surface area (Å²) in [6, 6.07) is 6.36. The Bertz CT molecular complexity index is 303. The fraction of sp³-hybridized carbons (Fsp3) is 0. The highest BCUT2D eigenvalue weighted by molar-refractivity contribution is 7.60. The Morgan fingerprint density at radius 3 is 1.83 bits per heavy atom. The van der Waals surface area contributed by atoms with Gasteiger partial charge in [-0.15, -0.1) is 0 Å². The fourth-order valence-electron chi connectivity index (χ4n) is 0.441. The largest absolute Gasteiger partial charge is 0.508 e. The van der Waals surface area contributed by atoms with Crippen molar-refractivity contribution in [3.8, 4) is 5.75 Å². The molecule has 4 nitrogen and oxygen atoms in total. The van der Waals surface area contributed by atoms with Gasteiger partial charge >= 0.3 is 10.5 Å². The summed E-state index contributed by atoms with van der Waals surface area (Å²) in [4.78, 5) is 0. The first-order valence-corrected chi connectivity index (χ1v) is 4.22. The molecule has 0 fully saturated rings. The zero-order valence-corrected chi connectivity index (χ0v) is 7.43. The maximum absolute atomic E-state index is 8.70. The van der Waals surface area contributed by atoms with Crippen molar-refractivity contribution < 1.29 is 13.5 Å². The Morgan fingerprint density at radius 2 is 1.58 bits per heavy atom. The minimum atomic E-state index is -2.61. The van der Waals surface area contributed by atoms with E-state index in [1.807, 2.05) is 0 Å². The molecule has 0 spiro atoms. The van der Waals surface area contributed by atoms with E-state index in [0.717, 1.165) is 0 Å². The van der Waals surface area contributed by atoms with Crippen LogP contribution in [-0.2, 0) is 10.5 Å². The number of hydrogen-bond acceptors (Lipinski definition) is 4. The van der Waals surface area contributed by atoms with Crippen molar-refractivity contribution in [2.24, 2.45) is 0 Å².